The van der Waals surface area contributed by atoms with Gasteiger partial charge in [0, 0.05) is 12.2 Å². The van der Waals surface area contributed by atoms with Crippen LogP contribution >= 0.6 is 0 Å². The maximum atomic E-state index is 13.2. The van der Waals surface area contributed by atoms with E-state index < -0.39 is 0 Å². The van der Waals surface area contributed by atoms with E-state index in [1.165, 1.54) is 12.1 Å². The number of para-hydroxylation sites is 2. The Morgan fingerprint density at radius 1 is 1.17 bits per heavy atom. The molecule has 0 saturated carbocycles. The van der Waals surface area contributed by atoms with E-state index in [9.17, 15) is 14.4 Å². The minimum atomic E-state index is -0.312. The minimum absolute atomic E-state index is 0.00503. The van der Waals surface area contributed by atoms with Crippen LogP contribution in [0.2, 0.25) is 0 Å². The Morgan fingerprint density at radius 3 is 2.53 bits per heavy atom. The van der Waals surface area contributed by atoms with Crippen molar-refractivity contribution in [3.05, 3.63) is 76.7 Å². The van der Waals surface area contributed by atoms with Crippen molar-refractivity contribution in [2.24, 2.45) is 0 Å². The van der Waals surface area contributed by atoms with Crippen molar-refractivity contribution in [1.29, 1.82) is 5.26 Å². The molecule has 0 aliphatic carbocycles. The Labute approximate surface area is 174 Å². The predicted molar refractivity (Wildman–Crippen MR) is 114 cm³/mol. The highest BCUT2D eigenvalue weighted by Crippen LogP contribution is 2.28. The highest BCUT2D eigenvalue weighted by atomic mass is 19.1. The van der Waals surface area contributed by atoms with Gasteiger partial charge in [0.2, 0.25) is 5.91 Å². The Hall–Kier alpha value is -3.79. The number of anilines is 2. The molecular formula is C23H23FN4O2. The summed E-state index contributed by atoms with van der Waals surface area (Å²) in [5.41, 5.74) is 3.64. The number of rotatable bonds is 7. The number of aromatic nitrogens is 1. The highest BCUT2D eigenvalue weighted by molar-refractivity contribution is 5.94. The SMILES string of the molecule is COc1ccccc1NCC(=O)Nc1c(C#N)c(C)c(C)n1Cc1ccc(F)cc1. The number of ether oxygens (including phenoxy) is 1. The van der Waals surface area contributed by atoms with Gasteiger partial charge in [0.15, 0.2) is 0 Å². The van der Waals surface area contributed by atoms with E-state index in [1.54, 1.807) is 25.3 Å². The molecule has 1 aromatic heterocycles. The number of hydrogen-bond donors (Lipinski definition) is 2. The minimum Gasteiger partial charge on any atom is -0.495 e. The first kappa shape index (κ1) is 20.9. The summed E-state index contributed by atoms with van der Waals surface area (Å²) in [6, 6.07) is 15.6. The molecule has 1 amide bonds. The summed E-state index contributed by atoms with van der Waals surface area (Å²) in [4.78, 5) is 12.6. The first-order valence-electron chi connectivity index (χ1n) is 9.45. The van der Waals surface area contributed by atoms with E-state index in [1.807, 2.05) is 36.6 Å². The van der Waals surface area contributed by atoms with Crippen LogP contribution in [0.3, 0.4) is 0 Å². The van der Waals surface area contributed by atoms with Gasteiger partial charge < -0.3 is 19.9 Å². The lowest BCUT2D eigenvalue weighted by Gasteiger charge is -2.14. The van der Waals surface area contributed by atoms with Gasteiger partial charge in [0.25, 0.3) is 0 Å². The molecule has 0 spiro atoms. The van der Waals surface area contributed by atoms with Gasteiger partial charge in [-0.25, -0.2) is 4.39 Å². The summed E-state index contributed by atoms with van der Waals surface area (Å²) in [5, 5.41) is 15.5. The average Bonchev–Trinajstić information content (AvgIpc) is 2.97. The Kier molecular flexibility index (Phi) is 6.38. The van der Waals surface area contributed by atoms with Gasteiger partial charge in [-0.2, -0.15) is 5.26 Å². The third kappa shape index (κ3) is 4.44. The smallest absolute Gasteiger partial charge is 0.244 e. The van der Waals surface area contributed by atoms with Crippen LogP contribution < -0.4 is 15.4 Å². The largest absolute Gasteiger partial charge is 0.495 e. The third-order valence-corrected chi connectivity index (χ3v) is 5.00. The summed E-state index contributed by atoms with van der Waals surface area (Å²) < 4.78 is 20.4. The third-order valence-electron chi connectivity index (χ3n) is 5.00. The monoisotopic (exact) mass is 406 g/mol. The maximum absolute atomic E-state index is 13.2. The first-order chi connectivity index (χ1) is 14.4. The molecule has 30 heavy (non-hydrogen) atoms. The van der Waals surface area contributed by atoms with Crippen LogP contribution in [0.15, 0.2) is 48.5 Å². The second-order valence-electron chi connectivity index (χ2n) is 6.86. The van der Waals surface area contributed by atoms with Crippen molar-refractivity contribution >= 4 is 17.4 Å². The molecule has 0 saturated heterocycles. The number of nitriles is 1. The number of carbonyl (C=O) groups excluding carboxylic acids is 1. The molecule has 2 N–H and O–H groups in total. The van der Waals surface area contributed by atoms with Crippen LogP contribution in [0.5, 0.6) is 5.75 Å². The van der Waals surface area contributed by atoms with Crippen molar-refractivity contribution in [1.82, 2.24) is 4.57 Å². The van der Waals surface area contributed by atoms with Crippen molar-refractivity contribution < 1.29 is 13.9 Å². The Bertz CT molecular complexity index is 1100. The zero-order chi connectivity index (χ0) is 21.7. The molecule has 154 valence electrons. The van der Waals surface area contributed by atoms with Gasteiger partial charge >= 0.3 is 0 Å². The molecular weight excluding hydrogens is 383 g/mol. The average molecular weight is 406 g/mol. The van der Waals surface area contributed by atoms with Crippen LogP contribution in [0.1, 0.15) is 22.4 Å². The summed E-state index contributed by atoms with van der Waals surface area (Å²) >= 11 is 0. The fraction of sp³-hybridized carbons (Fsp3) is 0.217. The fourth-order valence-electron chi connectivity index (χ4n) is 3.24. The normalized spacial score (nSPS) is 10.4. The summed E-state index contributed by atoms with van der Waals surface area (Å²) in [5.74, 6) is 0.459. The number of benzene rings is 2. The van der Waals surface area contributed by atoms with Crippen LogP contribution in [0.4, 0.5) is 15.9 Å². The van der Waals surface area contributed by atoms with Crippen molar-refractivity contribution in [2.75, 3.05) is 24.3 Å². The summed E-state index contributed by atoms with van der Waals surface area (Å²) in [7, 11) is 1.56. The molecule has 0 unspecified atom stereocenters. The lowest BCUT2D eigenvalue weighted by Crippen LogP contribution is -2.24. The topological polar surface area (TPSA) is 79.1 Å². The molecule has 6 nitrogen and oxygen atoms in total. The molecule has 2 aromatic carbocycles. The number of nitrogens with zero attached hydrogens (tertiary/aromatic N) is 2. The van der Waals surface area contributed by atoms with Gasteiger partial charge in [0.05, 0.1) is 24.9 Å². The van der Waals surface area contributed by atoms with E-state index in [4.69, 9.17) is 4.74 Å². The van der Waals surface area contributed by atoms with Gasteiger partial charge in [-0.1, -0.05) is 24.3 Å². The van der Waals surface area contributed by atoms with Gasteiger partial charge in [0.1, 0.15) is 23.5 Å². The maximum Gasteiger partial charge on any atom is 0.244 e. The summed E-state index contributed by atoms with van der Waals surface area (Å²) in [6.07, 6.45) is 0. The molecule has 0 bridgehead atoms. The standard InChI is InChI=1S/C23H23FN4O2/c1-15-16(2)28(14-17-8-10-18(24)11-9-17)23(19(15)12-25)27-22(29)13-26-20-6-4-5-7-21(20)30-3/h4-11,26H,13-14H2,1-3H3,(H,27,29). The van der Waals surface area contributed by atoms with Crippen LogP contribution in [-0.4, -0.2) is 24.1 Å². The number of carbonyl (C=O) groups is 1. The van der Waals surface area contributed by atoms with Gasteiger partial charge in [-0.05, 0) is 49.2 Å². The highest BCUT2D eigenvalue weighted by Gasteiger charge is 2.20. The molecule has 0 atom stereocenters. The van der Waals surface area contributed by atoms with Crippen molar-refractivity contribution in [3.8, 4) is 11.8 Å². The Morgan fingerprint density at radius 2 is 1.87 bits per heavy atom. The van der Waals surface area contributed by atoms with E-state index in [2.05, 4.69) is 16.7 Å². The molecule has 0 fully saturated rings. The van der Waals surface area contributed by atoms with Crippen LogP contribution in [0, 0.1) is 31.0 Å². The second kappa shape index (κ2) is 9.14. The van der Waals surface area contributed by atoms with Crippen LogP contribution in [-0.2, 0) is 11.3 Å². The molecule has 0 aliphatic heterocycles. The lowest BCUT2D eigenvalue weighted by molar-refractivity contribution is -0.114. The van der Waals surface area contributed by atoms with E-state index in [0.29, 0.717) is 29.4 Å². The van der Waals surface area contributed by atoms with Gasteiger partial charge in [-0.15, -0.1) is 0 Å². The lowest BCUT2D eigenvalue weighted by atomic mass is 10.2. The molecule has 0 aliphatic rings. The second-order valence-corrected chi connectivity index (χ2v) is 6.86. The zero-order valence-electron chi connectivity index (χ0n) is 17.1. The predicted octanol–water partition coefficient (Wildman–Crippen LogP) is 4.22. The van der Waals surface area contributed by atoms with E-state index in [-0.39, 0.29) is 18.3 Å². The van der Waals surface area contributed by atoms with E-state index >= 15 is 0 Å². The number of halogens is 1. The molecule has 0 radical (unpaired) electrons. The molecule has 3 rings (SSSR count). The molecule has 1 heterocycles. The number of nitrogens with one attached hydrogen (secondary N) is 2. The number of hydrogen-bond acceptors (Lipinski definition) is 4. The van der Waals surface area contributed by atoms with Gasteiger partial charge in [-0.3, -0.25) is 4.79 Å². The number of methoxy groups -OCH3 is 1. The first-order valence-corrected chi connectivity index (χ1v) is 9.45. The quantitative estimate of drug-likeness (QED) is 0.616. The Balaban J connectivity index is 1.82. The fourth-order valence-corrected chi connectivity index (χ4v) is 3.24. The van der Waals surface area contributed by atoms with Crippen LogP contribution in [0.25, 0.3) is 0 Å². The van der Waals surface area contributed by atoms with E-state index in [0.717, 1.165) is 16.8 Å². The molecule has 3 aromatic rings. The number of amides is 1. The van der Waals surface area contributed by atoms with Crippen molar-refractivity contribution in [2.45, 2.75) is 20.4 Å². The van der Waals surface area contributed by atoms with Crippen molar-refractivity contribution in [3.63, 3.8) is 0 Å². The molecule has 7 heteroatoms. The zero-order valence-corrected chi connectivity index (χ0v) is 17.1. The summed E-state index contributed by atoms with van der Waals surface area (Å²) in [6.45, 7) is 4.15.